The second-order valence-electron chi connectivity index (χ2n) is 18.0. The van der Waals surface area contributed by atoms with Crippen LogP contribution in [0.2, 0.25) is 0 Å². The molecule has 24 nitrogen and oxygen atoms in total. The van der Waals surface area contributed by atoms with E-state index in [1.165, 1.54) is 26.8 Å². The Morgan fingerprint density at radius 3 is 1.73 bits per heavy atom. The molecule has 2 heterocycles. The van der Waals surface area contributed by atoms with Crippen molar-refractivity contribution in [2.75, 3.05) is 19.9 Å². The summed E-state index contributed by atoms with van der Waals surface area (Å²) in [4.78, 5) is 113. The van der Waals surface area contributed by atoms with Crippen molar-refractivity contribution in [3.8, 4) is 0 Å². The average molecular weight is 1040 g/mol. The van der Waals surface area contributed by atoms with Gasteiger partial charge in [0, 0.05) is 6.42 Å². The molecule has 0 spiro atoms. The Morgan fingerprint density at radius 2 is 1.23 bits per heavy atom. The molecule has 25 heteroatoms. The van der Waals surface area contributed by atoms with Crippen molar-refractivity contribution in [3.63, 3.8) is 0 Å². The summed E-state index contributed by atoms with van der Waals surface area (Å²) in [5.74, 6) is -5.56. The molecule has 0 aromatic heterocycles. The van der Waals surface area contributed by atoms with Crippen LogP contribution in [0.1, 0.15) is 132 Å². The fourth-order valence-corrected chi connectivity index (χ4v) is 8.62. The van der Waals surface area contributed by atoms with Crippen molar-refractivity contribution < 1.29 is 106 Å². The molecule has 0 radical (unpaired) electrons. The first-order chi connectivity index (χ1) is 33.3. The zero-order valence-electron chi connectivity index (χ0n) is 42.3. The van der Waals surface area contributed by atoms with E-state index in [4.69, 9.17) is 42.4 Å². The van der Waals surface area contributed by atoms with Gasteiger partial charge in [-0.25, -0.2) is 0 Å². The number of carbonyl (C=O) groups is 7. The topological polar surface area (TPSA) is 348 Å². The van der Waals surface area contributed by atoms with Gasteiger partial charge in [0.05, 0.1) is 18.9 Å². The van der Waals surface area contributed by atoms with Crippen LogP contribution in [0.25, 0.3) is 0 Å². The number of hydrogen-bond acceptors (Lipinski definition) is 22. The fourth-order valence-electron chi connectivity index (χ4n) is 7.82. The van der Waals surface area contributed by atoms with Crippen LogP contribution in [0.4, 0.5) is 0 Å². The fraction of sp³-hybridized carbons (Fsp3) is 0.804. The van der Waals surface area contributed by atoms with Crippen LogP contribution in [0.15, 0.2) is 12.7 Å². The second-order valence-corrected chi connectivity index (χ2v) is 20.1. The predicted molar refractivity (Wildman–Crippen MR) is 250 cm³/mol. The van der Waals surface area contributed by atoms with E-state index in [-0.39, 0.29) is 44.9 Å². The van der Waals surface area contributed by atoms with E-state index in [1.54, 1.807) is 34.6 Å². The van der Waals surface area contributed by atoms with Gasteiger partial charge in [-0.15, -0.1) is 0 Å². The summed E-state index contributed by atoms with van der Waals surface area (Å²) < 4.78 is 51.7. The summed E-state index contributed by atoms with van der Waals surface area (Å²) >= 11 is 0. The molecule has 0 aliphatic carbocycles. The van der Waals surface area contributed by atoms with E-state index in [0.717, 1.165) is 6.66 Å². The zero-order valence-corrected chi connectivity index (χ0v) is 43.3. The van der Waals surface area contributed by atoms with Crippen LogP contribution in [-0.4, -0.2) is 176 Å². The summed E-state index contributed by atoms with van der Waals surface area (Å²) in [7, 11) is -4.66. The monoisotopic (exact) mass is 1040 g/mol. The first-order valence-corrected chi connectivity index (χ1v) is 26.5. The summed E-state index contributed by atoms with van der Waals surface area (Å²) in [6.45, 7) is 15.0. The molecule has 0 bridgehead atoms. The second kappa shape index (κ2) is 29.7. The van der Waals surface area contributed by atoms with Crippen LogP contribution in [0, 0.1) is 0 Å². The Morgan fingerprint density at radius 1 is 0.704 bits per heavy atom. The molecule has 2 aliphatic heterocycles. The molecular formula is C46H79N2O22P. The van der Waals surface area contributed by atoms with E-state index in [1.807, 2.05) is 0 Å². The van der Waals surface area contributed by atoms with Crippen LogP contribution in [0.3, 0.4) is 0 Å². The van der Waals surface area contributed by atoms with Gasteiger partial charge >= 0.3 is 321 Å². The molecule has 14 unspecified atom stereocenters. The number of aliphatic hydroxyl groups is 4. The van der Waals surface area contributed by atoms with Gasteiger partial charge in [-0.05, 0) is 12.8 Å². The third-order valence-electron chi connectivity index (χ3n) is 11.8. The molecule has 0 aromatic carbocycles. The van der Waals surface area contributed by atoms with E-state index >= 15 is 0 Å². The van der Waals surface area contributed by atoms with E-state index in [0.29, 0.717) is 6.42 Å². The van der Waals surface area contributed by atoms with E-state index in [2.05, 4.69) is 17.2 Å². The quantitative estimate of drug-likeness (QED) is 0.0215. The molecule has 2 saturated heterocycles. The van der Waals surface area contributed by atoms with Crippen molar-refractivity contribution in [1.82, 2.24) is 10.6 Å². The summed E-state index contributed by atoms with van der Waals surface area (Å²) in [6, 6.07) is 0. The van der Waals surface area contributed by atoms with Crippen LogP contribution < -0.4 is 10.6 Å². The molecule has 410 valence electrons. The van der Waals surface area contributed by atoms with Crippen molar-refractivity contribution in [1.29, 1.82) is 0 Å². The third-order valence-corrected chi connectivity index (χ3v) is 12.5. The first kappa shape index (κ1) is 63.2. The van der Waals surface area contributed by atoms with Gasteiger partial charge in [0.15, 0.2) is 0 Å². The minimum absolute atomic E-state index is 0.000159. The van der Waals surface area contributed by atoms with Crippen molar-refractivity contribution in [2.45, 2.75) is 217 Å². The van der Waals surface area contributed by atoms with Gasteiger partial charge in [0.1, 0.15) is 6.10 Å². The Labute approximate surface area is 415 Å². The molecule has 2 rings (SSSR count). The third kappa shape index (κ3) is 19.4. The number of ether oxygens (including phenoxy) is 8. The van der Waals surface area contributed by atoms with Crippen LogP contribution >= 0.6 is 7.94 Å². The molecular weight excluding hydrogens is 963 g/mol. The standard InChI is InChI=1S/C46H79N2O22P/c1-11-18-28(64-35(54)16-6)22-33(52)48-46(9)42(69-38(57)23-29(19-12-2)65-36(55)17-7)40(70-71(10,60)61)30(24-49)67-44(46)62-25-31-39(58)41(68-37(56)20-26(50)13-3)45(8,43(59)66-31)47-32(51)21-27(14-4)63-34(53)15-5/h12,26-31,39-44,49-50,58-61,71H,2,11,13-25H2,1,3-10H3,(H,47,51)(H,48,52). The molecule has 0 aromatic rings. The Kier molecular flexibility index (Phi) is 26.4. The zero-order chi connectivity index (χ0) is 53.9. The summed E-state index contributed by atoms with van der Waals surface area (Å²) in [5.41, 5.74) is -4.30. The molecule has 8 N–H and O–H groups in total. The van der Waals surface area contributed by atoms with Gasteiger partial charge in [-0.1, -0.05) is 20.8 Å². The normalized spacial score (nSPS) is 28.4. The average Bonchev–Trinajstić information content (AvgIpc) is 3.29. The molecule has 0 saturated carbocycles. The summed E-state index contributed by atoms with van der Waals surface area (Å²) in [6.07, 6.45) is -18.3. The van der Waals surface area contributed by atoms with Crippen LogP contribution in [0.5, 0.6) is 0 Å². The number of hydrogen-bond donors (Lipinski definition) is 8. The number of rotatable bonds is 30. The van der Waals surface area contributed by atoms with Crippen molar-refractivity contribution >= 4 is 49.6 Å². The van der Waals surface area contributed by atoms with Gasteiger partial charge in [-0.2, -0.15) is 0 Å². The summed E-state index contributed by atoms with van der Waals surface area (Å²) in [5, 5.41) is 49.8. The predicted octanol–water partition coefficient (Wildman–Crippen LogP) is 0.949. The number of amides is 2. The first-order valence-electron chi connectivity index (χ1n) is 24.2. The van der Waals surface area contributed by atoms with Gasteiger partial charge < -0.3 is 9.84 Å². The maximum atomic E-state index is 14.1. The van der Waals surface area contributed by atoms with Crippen LogP contribution in [-0.2, 0) is 76.0 Å². The maximum absolute atomic E-state index is 14.1. The van der Waals surface area contributed by atoms with Gasteiger partial charge in [0.25, 0.3) is 0 Å². The molecule has 2 aliphatic rings. The minimum atomic E-state index is -4.66. The van der Waals surface area contributed by atoms with Crippen molar-refractivity contribution in [3.05, 3.63) is 12.7 Å². The number of aliphatic hydroxyl groups excluding tert-OH is 4. The number of carbonyl (C=O) groups excluding carboxylic acids is 7. The molecule has 14 atom stereocenters. The van der Waals surface area contributed by atoms with E-state index in [9.17, 15) is 63.8 Å². The number of esters is 5. The Hall–Kier alpha value is -3.94. The molecule has 71 heavy (non-hydrogen) atoms. The van der Waals surface area contributed by atoms with E-state index < -0.39 is 173 Å². The Balaban J connectivity index is 2.73. The van der Waals surface area contributed by atoms with Gasteiger partial charge in [0.2, 0.25) is 5.91 Å². The van der Waals surface area contributed by atoms with Gasteiger partial charge in [-0.3, -0.25) is 14.4 Å². The molecule has 2 fully saturated rings. The number of nitrogens with one attached hydrogen (secondary N) is 2. The molecule has 2 amide bonds. The Bertz CT molecular complexity index is 1770. The SMILES string of the molecule is C=CCC(CC(=O)OC1C(O[PH](C)(O)O)C(CO)OC(OCC2OC(O)C(C)(NC(=O)CC(CC)OC(=O)CC)C(OC(=O)CC(O)CC)C2O)C1(C)NC(=O)CC(CCC)OC(=O)CC)OC(=O)CC. The van der Waals surface area contributed by atoms with Crippen molar-refractivity contribution in [2.24, 2.45) is 0 Å².